The first-order chi connectivity index (χ1) is 9.38. The Morgan fingerprint density at radius 1 is 1.40 bits per heavy atom. The van der Waals surface area contributed by atoms with E-state index in [1.54, 1.807) is 0 Å². The first-order valence-corrected chi connectivity index (χ1v) is 7.24. The molecule has 1 aliphatic heterocycles. The first kappa shape index (κ1) is 14.2. The van der Waals surface area contributed by atoms with Crippen molar-refractivity contribution in [2.24, 2.45) is 4.99 Å². The fraction of sp³-hybridized carbons (Fsp3) is 0.300. The minimum absolute atomic E-state index is 0.0566. The summed E-state index contributed by atoms with van der Waals surface area (Å²) in [5.74, 6) is 0.175. The van der Waals surface area contributed by atoms with Gasteiger partial charge in [-0.15, -0.1) is 0 Å². The van der Waals surface area contributed by atoms with E-state index < -0.39 is 14.9 Å². The zero-order chi connectivity index (χ0) is 14.8. The van der Waals surface area contributed by atoms with Gasteiger partial charge in [-0.2, -0.15) is 4.99 Å². The van der Waals surface area contributed by atoms with Crippen molar-refractivity contribution in [2.75, 3.05) is 20.4 Å². The van der Waals surface area contributed by atoms with Gasteiger partial charge in [0.05, 0.1) is 16.9 Å². The Labute approximate surface area is 115 Å². The Morgan fingerprint density at radius 2 is 2.05 bits per heavy atom. The highest BCUT2D eigenvalue weighted by Crippen LogP contribution is 2.15. The van der Waals surface area contributed by atoms with Crippen molar-refractivity contribution in [3.63, 3.8) is 0 Å². The largest absolute Gasteiger partial charge is 0.309 e. The van der Waals surface area contributed by atoms with E-state index in [9.17, 15) is 18.5 Å². The number of nitrogens with zero attached hydrogens (tertiary/aromatic N) is 2. The van der Waals surface area contributed by atoms with E-state index in [-0.39, 0.29) is 16.5 Å². The smallest absolute Gasteiger partial charge is 0.269 e. The lowest BCUT2D eigenvalue weighted by atomic mass is 10.3. The zero-order valence-electron chi connectivity index (χ0n) is 10.7. The first-order valence-electron chi connectivity index (χ1n) is 5.75. The molecule has 0 amide bonds. The average Bonchev–Trinajstić information content (AvgIpc) is 2.41. The molecule has 0 radical (unpaired) electrons. The summed E-state index contributed by atoms with van der Waals surface area (Å²) in [6, 6.07) is 4.65. The van der Waals surface area contributed by atoms with E-state index in [2.05, 4.69) is 15.0 Å². The fourth-order valence-electron chi connectivity index (χ4n) is 1.56. The van der Waals surface area contributed by atoms with E-state index in [1.807, 2.05) is 7.05 Å². The maximum Gasteiger partial charge on any atom is 0.269 e. The standard InChI is InChI=1S/C10H13N5O4S/c1-14-6-11-10(12-7-14)13-20(18,19)9-4-2-8(3-5-9)15(16)17/h2-5H,6-7H2,1H3,(H2,11,12,13)/p+1. The molecule has 1 aliphatic rings. The second kappa shape index (κ2) is 5.43. The van der Waals surface area contributed by atoms with Gasteiger partial charge in [-0.3, -0.25) is 10.1 Å². The third kappa shape index (κ3) is 3.22. The molecule has 9 nitrogen and oxygen atoms in total. The quantitative estimate of drug-likeness (QED) is 0.452. The maximum absolute atomic E-state index is 12.1. The summed E-state index contributed by atoms with van der Waals surface area (Å²) < 4.78 is 26.4. The molecule has 1 heterocycles. The van der Waals surface area contributed by atoms with Gasteiger partial charge < -0.3 is 10.2 Å². The van der Waals surface area contributed by atoms with Crippen LogP contribution < -0.4 is 14.9 Å². The summed E-state index contributed by atoms with van der Waals surface area (Å²) in [6.45, 7) is 1.02. The number of nitro groups is 1. The topological polar surface area (TPSA) is 118 Å². The van der Waals surface area contributed by atoms with Crippen LogP contribution in [0.4, 0.5) is 5.69 Å². The number of quaternary nitrogens is 1. The molecule has 2 rings (SSSR count). The number of hydrogen-bond donors (Lipinski definition) is 3. The number of benzene rings is 1. The van der Waals surface area contributed by atoms with Crippen LogP contribution >= 0.6 is 0 Å². The molecule has 20 heavy (non-hydrogen) atoms. The van der Waals surface area contributed by atoms with Crippen molar-refractivity contribution in [3.05, 3.63) is 34.4 Å². The third-order valence-electron chi connectivity index (χ3n) is 2.65. The molecular formula is C10H14N5O4S+. The Hall–Kier alpha value is -2.20. The number of rotatable bonds is 3. The molecule has 0 spiro atoms. The number of nitro benzene ring substituents is 1. The molecule has 0 fully saturated rings. The highest BCUT2D eigenvalue weighted by molar-refractivity contribution is 7.90. The normalized spacial score (nSPS) is 18.9. The van der Waals surface area contributed by atoms with Gasteiger partial charge in [0.25, 0.3) is 15.7 Å². The van der Waals surface area contributed by atoms with Crippen LogP contribution in [0, 0.1) is 10.1 Å². The molecule has 0 saturated heterocycles. The minimum atomic E-state index is -3.79. The molecule has 1 aromatic carbocycles. The van der Waals surface area contributed by atoms with Crippen LogP contribution in [0.3, 0.4) is 0 Å². The van der Waals surface area contributed by atoms with Crippen LogP contribution in [0.25, 0.3) is 0 Å². The molecule has 1 atom stereocenters. The average molecular weight is 300 g/mol. The molecular weight excluding hydrogens is 286 g/mol. The second-order valence-electron chi connectivity index (χ2n) is 4.33. The van der Waals surface area contributed by atoms with Gasteiger partial charge in [0.2, 0.25) is 5.96 Å². The predicted molar refractivity (Wildman–Crippen MR) is 70.6 cm³/mol. The number of guanidine groups is 1. The Bertz CT molecular complexity index is 640. The fourth-order valence-corrected chi connectivity index (χ4v) is 2.57. The van der Waals surface area contributed by atoms with Crippen LogP contribution in [-0.2, 0) is 10.0 Å². The highest BCUT2D eigenvalue weighted by Gasteiger charge is 2.20. The van der Waals surface area contributed by atoms with Gasteiger partial charge in [0.1, 0.15) is 0 Å². The van der Waals surface area contributed by atoms with Gasteiger partial charge in [0.15, 0.2) is 13.3 Å². The summed E-state index contributed by atoms with van der Waals surface area (Å²) >= 11 is 0. The highest BCUT2D eigenvalue weighted by atomic mass is 32.2. The van der Waals surface area contributed by atoms with E-state index >= 15 is 0 Å². The van der Waals surface area contributed by atoms with Gasteiger partial charge in [-0.1, -0.05) is 0 Å². The van der Waals surface area contributed by atoms with Gasteiger partial charge in [0, 0.05) is 12.1 Å². The molecule has 0 aromatic heterocycles. The molecule has 3 N–H and O–H groups in total. The Morgan fingerprint density at radius 3 is 2.55 bits per heavy atom. The predicted octanol–water partition coefficient (Wildman–Crippen LogP) is -1.74. The lowest BCUT2D eigenvalue weighted by molar-refractivity contribution is -0.882. The van der Waals surface area contributed by atoms with Crippen molar-refractivity contribution in [1.82, 2.24) is 10.0 Å². The van der Waals surface area contributed by atoms with Crippen molar-refractivity contribution >= 4 is 21.7 Å². The Kier molecular flexibility index (Phi) is 3.86. The zero-order valence-corrected chi connectivity index (χ0v) is 11.5. The second-order valence-corrected chi connectivity index (χ2v) is 6.01. The van der Waals surface area contributed by atoms with Crippen molar-refractivity contribution in [2.45, 2.75) is 4.90 Å². The molecule has 108 valence electrons. The summed E-state index contributed by atoms with van der Waals surface area (Å²) in [6.07, 6.45) is 0. The van der Waals surface area contributed by atoms with Crippen molar-refractivity contribution < 1.29 is 18.2 Å². The summed E-state index contributed by atoms with van der Waals surface area (Å²) in [5, 5.41) is 13.4. The summed E-state index contributed by atoms with van der Waals surface area (Å²) in [4.78, 5) is 15.0. The van der Waals surface area contributed by atoms with E-state index in [0.717, 1.165) is 17.0 Å². The van der Waals surface area contributed by atoms with Crippen molar-refractivity contribution in [3.8, 4) is 0 Å². The lowest BCUT2D eigenvalue weighted by Crippen LogP contribution is -3.11. The Balaban J connectivity index is 2.16. The van der Waals surface area contributed by atoms with Crippen LogP contribution in [-0.4, -0.2) is 39.7 Å². The molecule has 0 saturated carbocycles. The SMILES string of the molecule is C[NH+]1CN=C(NS(=O)(=O)c2ccc([N+](=O)[O-])cc2)NC1. The van der Waals surface area contributed by atoms with E-state index in [1.165, 1.54) is 12.1 Å². The van der Waals surface area contributed by atoms with Crippen LogP contribution in [0.1, 0.15) is 0 Å². The molecule has 1 unspecified atom stereocenters. The monoisotopic (exact) mass is 300 g/mol. The van der Waals surface area contributed by atoms with Crippen LogP contribution in [0.5, 0.6) is 0 Å². The molecule has 0 aliphatic carbocycles. The van der Waals surface area contributed by atoms with Crippen LogP contribution in [0.2, 0.25) is 0 Å². The number of hydrogen-bond acceptors (Lipinski definition) is 6. The molecule has 10 heteroatoms. The van der Waals surface area contributed by atoms with Gasteiger partial charge in [-0.05, 0) is 12.1 Å². The summed E-state index contributed by atoms with van der Waals surface area (Å²) in [7, 11) is -1.88. The third-order valence-corrected chi connectivity index (χ3v) is 4.01. The van der Waals surface area contributed by atoms with Gasteiger partial charge >= 0.3 is 0 Å². The molecule has 0 bridgehead atoms. The van der Waals surface area contributed by atoms with Crippen molar-refractivity contribution in [1.29, 1.82) is 0 Å². The van der Waals surface area contributed by atoms with E-state index in [0.29, 0.717) is 13.3 Å². The number of sulfonamides is 1. The van der Waals surface area contributed by atoms with Gasteiger partial charge in [-0.25, -0.2) is 13.1 Å². The number of nitrogens with one attached hydrogen (secondary N) is 3. The summed E-state index contributed by atoms with van der Waals surface area (Å²) in [5.41, 5.74) is -0.165. The van der Waals surface area contributed by atoms with Crippen LogP contribution in [0.15, 0.2) is 34.2 Å². The molecule has 1 aromatic rings. The number of aliphatic imine (C=N–C) groups is 1. The van der Waals surface area contributed by atoms with E-state index in [4.69, 9.17) is 0 Å². The minimum Gasteiger partial charge on any atom is -0.309 e. The number of non-ortho nitro benzene ring substituents is 1. The maximum atomic E-state index is 12.1. The lowest BCUT2D eigenvalue weighted by Gasteiger charge is -2.20.